The molecule has 6 nitrogen and oxygen atoms in total. The van der Waals surface area contributed by atoms with E-state index in [1.807, 2.05) is 36.1 Å². The van der Waals surface area contributed by atoms with Gasteiger partial charge in [0.1, 0.15) is 11.5 Å². The molecule has 1 aliphatic rings. The van der Waals surface area contributed by atoms with E-state index in [4.69, 9.17) is 9.47 Å². The van der Waals surface area contributed by atoms with E-state index in [2.05, 4.69) is 4.90 Å². The van der Waals surface area contributed by atoms with Crippen molar-refractivity contribution in [3.05, 3.63) is 59.7 Å². The van der Waals surface area contributed by atoms with E-state index in [-0.39, 0.29) is 11.7 Å². The molecule has 0 atom stereocenters. The highest BCUT2D eigenvalue weighted by Crippen LogP contribution is 2.15. The van der Waals surface area contributed by atoms with Gasteiger partial charge in [-0.05, 0) is 48.9 Å². The minimum absolute atomic E-state index is 0.0850. The standard InChI is InChI=1S/C23H28N2O4/c1-3-29-21-8-4-18(5-9-21)16-23(27)25-14-12-24(13-15-25)17-22(26)19-6-10-20(28-2)11-7-19/h4-11H,3,12-17H2,1-2H3. The molecule has 0 aliphatic carbocycles. The van der Waals surface area contributed by atoms with E-state index >= 15 is 0 Å². The molecule has 154 valence electrons. The Balaban J connectivity index is 1.45. The predicted octanol–water partition coefficient (Wildman–Crippen LogP) is 2.66. The third-order valence-electron chi connectivity index (χ3n) is 5.09. The number of Topliss-reactive ketones (excluding diaryl/α,β-unsaturated/α-hetero) is 1. The zero-order valence-electron chi connectivity index (χ0n) is 17.1. The number of carbonyl (C=O) groups is 2. The van der Waals surface area contributed by atoms with E-state index in [9.17, 15) is 9.59 Å². The van der Waals surface area contributed by atoms with E-state index in [1.165, 1.54) is 0 Å². The molecule has 6 heteroatoms. The van der Waals surface area contributed by atoms with Crippen LogP contribution in [0.15, 0.2) is 48.5 Å². The first-order chi connectivity index (χ1) is 14.1. The minimum Gasteiger partial charge on any atom is -0.497 e. The van der Waals surface area contributed by atoms with Gasteiger partial charge >= 0.3 is 0 Å². The first-order valence-electron chi connectivity index (χ1n) is 9.98. The van der Waals surface area contributed by atoms with Crippen molar-refractivity contribution in [3.63, 3.8) is 0 Å². The summed E-state index contributed by atoms with van der Waals surface area (Å²) in [4.78, 5) is 29.0. The van der Waals surface area contributed by atoms with Crippen LogP contribution < -0.4 is 9.47 Å². The van der Waals surface area contributed by atoms with Crippen molar-refractivity contribution >= 4 is 11.7 Å². The number of ketones is 1. The summed E-state index contributed by atoms with van der Waals surface area (Å²) in [5.41, 5.74) is 1.66. The largest absolute Gasteiger partial charge is 0.497 e. The van der Waals surface area contributed by atoms with Crippen molar-refractivity contribution in [2.45, 2.75) is 13.3 Å². The number of methoxy groups -OCH3 is 1. The smallest absolute Gasteiger partial charge is 0.227 e. The molecule has 0 unspecified atom stereocenters. The van der Waals surface area contributed by atoms with Gasteiger partial charge in [0.25, 0.3) is 0 Å². The number of benzene rings is 2. The van der Waals surface area contributed by atoms with Gasteiger partial charge in [0.15, 0.2) is 5.78 Å². The summed E-state index contributed by atoms with van der Waals surface area (Å²) < 4.78 is 10.6. The normalized spacial score (nSPS) is 14.5. The number of hydrogen-bond acceptors (Lipinski definition) is 5. The molecule has 1 amide bonds. The van der Waals surface area contributed by atoms with Crippen LogP contribution in [0.2, 0.25) is 0 Å². The van der Waals surface area contributed by atoms with Gasteiger partial charge in [-0.1, -0.05) is 12.1 Å². The van der Waals surface area contributed by atoms with Crippen molar-refractivity contribution in [2.24, 2.45) is 0 Å². The van der Waals surface area contributed by atoms with Gasteiger partial charge < -0.3 is 14.4 Å². The molecule has 2 aromatic carbocycles. The molecule has 1 saturated heterocycles. The number of carbonyl (C=O) groups excluding carboxylic acids is 2. The maximum absolute atomic E-state index is 12.6. The van der Waals surface area contributed by atoms with Crippen LogP contribution >= 0.6 is 0 Å². The fourth-order valence-electron chi connectivity index (χ4n) is 3.38. The Bertz CT molecular complexity index is 810. The lowest BCUT2D eigenvalue weighted by Gasteiger charge is -2.34. The van der Waals surface area contributed by atoms with E-state index in [0.717, 1.165) is 17.1 Å². The number of ether oxygens (including phenoxy) is 2. The van der Waals surface area contributed by atoms with Crippen LogP contribution in [0.25, 0.3) is 0 Å². The van der Waals surface area contributed by atoms with Crippen molar-refractivity contribution in [3.8, 4) is 11.5 Å². The predicted molar refractivity (Wildman–Crippen MR) is 112 cm³/mol. The van der Waals surface area contributed by atoms with Gasteiger partial charge in [-0.25, -0.2) is 0 Å². The van der Waals surface area contributed by atoms with E-state index < -0.39 is 0 Å². The van der Waals surface area contributed by atoms with Crippen molar-refractivity contribution in [1.82, 2.24) is 9.80 Å². The average molecular weight is 396 g/mol. The first kappa shape index (κ1) is 20.9. The molecule has 2 aromatic rings. The number of piperazine rings is 1. The van der Waals surface area contributed by atoms with Crippen molar-refractivity contribution < 1.29 is 19.1 Å². The summed E-state index contributed by atoms with van der Waals surface area (Å²) in [6.07, 6.45) is 0.386. The lowest BCUT2D eigenvalue weighted by Crippen LogP contribution is -2.50. The molecule has 1 heterocycles. The molecular weight excluding hydrogens is 368 g/mol. The van der Waals surface area contributed by atoms with Gasteiger partial charge in [0.2, 0.25) is 5.91 Å². The summed E-state index contributed by atoms with van der Waals surface area (Å²) in [7, 11) is 1.60. The van der Waals surface area contributed by atoms with Crippen LogP contribution in [0.4, 0.5) is 0 Å². The lowest BCUT2D eigenvalue weighted by molar-refractivity contribution is -0.132. The molecule has 0 aromatic heterocycles. The van der Waals surface area contributed by atoms with Crippen LogP contribution in [0.5, 0.6) is 11.5 Å². The average Bonchev–Trinajstić information content (AvgIpc) is 2.76. The zero-order valence-corrected chi connectivity index (χ0v) is 17.1. The molecule has 0 saturated carbocycles. The summed E-state index contributed by atoms with van der Waals surface area (Å²) in [6.45, 7) is 5.64. The number of rotatable bonds is 8. The van der Waals surface area contributed by atoms with Gasteiger partial charge in [0.05, 0.1) is 26.7 Å². The second-order valence-corrected chi connectivity index (χ2v) is 7.06. The second-order valence-electron chi connectivity index (χ2n) is 7.06. The Labute approximate surface area is 172 Å². The topological polar surface area (TPSA) is 59.1 Å². The quantitative estimate of drug-likeness (QED) is 0.642. The number of amides is 1. The monoisotopic (exact) mass is 396 g/mol. The molecule has 3 rings (SSSR count). The Morgan fingerprint density at radius 1 is 0.897 bits per heavy atom. The second kappa shape index (κ2) is 10.1. The fourth-order valence-corrected chi connectivity index (χ4v) is 3.38. The molecule has 1 fully saturated rings. The minimum atomic E-state index is 0.0850. The lowest BCUT2D eigenvalue weighted by atomic mass is 10.1. The first-order valence-corrected chi connectivity index (χ1v) is 9.98. The molecule has 0 bridgehead atoms. The Morgan fingerprint density at radius 2 is 1.52 bits per heavy atom. The molecular formula is C23H28N2O4. The van der Waals surface area contributed by atoms with Crippen LogP contribution in [-0.2, 0) is 11.2 Å². The maximum Gasteiger partial charge on any atom is 0.227 e. The third-order valence-corrected chi connectivity index (χ3v) is 5.09. The Kier molecular flexibility index (Phi) is 7.25. The van der Waals surface area contributed by atoms with Crippen molar-refractivity contribution in [1.29, 1.82) is 0 Å². The van der Waals surface area contributed by atoms with Crippen LogP contribution in [0.1, 0.15) is 22.8 Å². The van der Waals surface area contributed by atoms with Crippen molar-refractivity contribution in [2.75, 3.05) is 46.4 Å². The molecule has 0 radical (unpaired) electrons. The van der Waals surface area contributed by atoms with Gasteiger partial charge in [-0.15, -0.1) is 0 Å². The van der Waals surface area contributed by atoms with Crippen LogP contribution in [0, 0.1) is 0 Å². The highest BCUT2D eigenvalue weighted by molar-refractivity contribution is 5.97. The molecule has 1 aliphatic heterocycles. The summed E-state index contributed by atoms with van der Waals surface area (Å²) >= 11 is 0. The maximum atomic E-state index is 12.6. The molecule has 29 heavy (non-hydrogen) atoms. The highest BCUT2D eigenvalue weighted by atomic mass is 16.5. The summed E-state index contributed by atoms with van der Waals surface area (Å²) in [5.74, 6) is 1.76. The Hall–Kier alpha value is -2.86. The molecule has 0 N–H and O–H groups in total. The number of hydrogen-bond donors (Lipinski definition) is 0. The summed E-state index contributed by atoms with van der Waals surface area (Å²) in [6, 6.07) is 14.8. The summed E-state index contributed by atoms with van der Waals surface area (Å²) in [5, 5.41) is 0. The fraction of sp³-hybridized carbons (Fsp3) is 0.391. The SMILES string of the molecule is CCOc1ccc(CC(=O)N2CCN(CC(=O)c3ccc(OC)cc3)CC2)cc1. The van der Waals surface area contributed by atoms with Crippen LogP contribution in [-0.4, -0.2) is 67.9 Å². The van der Waals surface area contributed by atoms with E-state index in [0.29, 0.717) is 51.3 Å². The Morgan fingerprint density at radius 3 is 2.10 bits per heavy atom. The third kappa shape index (κ3) is 5.81. The number of nitrogens with zero attached hydrogens (tertiary/aromatic N) is 2. The van der Waals surface area contributed by atoms with Gasteiger partial charge in [0, 0.05) is 31.7 Å². The molecule has 0 spiro atoms. The highest BCUT2D eigenvalue weighted by Gasteiger charge is 2.22. The van der Waals surface area contributed by atoms with Gasteiger partial charge in [-0.3, -0.25) is 14.5 Å². The van der Waals surface area contributed by atoms with E-state index in [1.54, 1.807) is 31.4 Å². The van der Waals surface area contributed by atoms with Crippen LogP contribution in [0.3, 0.4) is 0 Å². The van der Waals surface area contributed by atoms with Gasteiger partial charge in [-0.2, -0.15) is 0 Å². The zero-order chi connectivity index (χ0) is 20.6.